The minimum Gasteiger partial charge on any atom is -0.366 e. The zero-order valence-electron chi connectivity index (χ0n) is 23.8. The zero-order valence-corrected chi connectivity index (χ0v) is 23.8. The molecule has 3 aromatic rings. The van der Waals surface area contributed by atoms with E-state index < -0.39 is 16.7 Å². The van der Waals surface area contributed by atoms with Gasteiger partial charge in [0.1, 0.15) is 18.5 Å². The summed E-state index contributed by atoms with van der Waals surface area (Å²) in [6.07, 6.45) is 8.81. The van der Waals surface area contributed by atoms with E-state index in [0.29, 0.717) is 29.6 Å². The van der Waals surface area contributed by atoms with Crippen molar-refractivity contribution in [1.29, 1.82) is 5.26 Å². The number of nitriles is 1. The van der Waals surface area contributed by atoms with Crippen LogP contribution in [0.5, 0.6) is 0 Å². The van der Waals surface area contributed by atoms with Gasteiger partial charge >= 0.3 is 0 Å². The molecule has 1 fully saturated rings. The molecule has 0 spiro atoms. The van der Waals surface area contributed by atoms with E-state index in [2.05, 4.69) is 53.8 Å². The van der Waals surface area contributed by atoms with E-state index in [-0.39, 0.29) is 0 Å². The SMILES string of the molecule is Cc1ccc(C2(C(C)(C)C#N)C=CC=C(C(N)=O)C2)cc1Nc1ncnn1-c1cc(NN2CCN(C)CC2)ncn1. The third-order valence-corrected chi connectivity index (χ3v) is 8.05. The summed E-state index contributed by atoms with van der Waals surface area (Å²) < 4.78 is 1.62. The Morgan fingerprint density at radius 2 is 1.90 bits per heavy atom. The standard InChI is InChI=1S/C29H35N11O/c1-20-7-8-22(29(28(2,3)17-30)9-5-6-21(16-29)26(31)41)14-23(20)36-27-34-19-35-40(27)25-15-24(32-18-33-25)37-39-12-10-38(4)11-13-39/h5-9,14-15,18-19H,10-13,16H2,1-4H3,(H2,31,41)(H,32,33,37)(H,34,35,36). The van der Waals surface area contributed by atoms with Gasteiger partial charge in [-0.3, -0.25) is 4.79 Å². The van der Waals surface area contributed by atoms with Gasteiger partial charge in [0.15, 0.2) is 5.82 Å². The molecule has 1 amide bonds. The number of rotatable bonds is 8. The highest BCUT2D eigenvalue weighted by Crippen LogP contribution is 2.49. The van der Waals surface area contributed by atoms with Crippen LogP contribution in [-0.4, -0.2) is 73.8 Å². The number of hydrogen-bond acceptors (Lipinski definition) is 10. The summed E-state index contributed by atoms with van der Waals surface area (Å²) in [4.78, 5) is 27.7. The highest BCUT2D eigenvalue weighted by atomic mass is 16.1. The van der Waals surface area contributed by atoms with Gasteiger partial charge < -0.3 is 21.4 Å². The molecule has 12 heteroatoms. The topological polar surface area (TPSA) is 154 Å². The number of primary amides is 1. The second-order valence-electron chi connectivity index (χ2n) is 11.1. The van der Waals surface area contributed by atoms with Crippen molar-refractivity contribution < 1.29 is 4.79 Å². The Morgan fingerprint density at radius 1 is 1.12 bits per heavy atom. The van der Waals surface area contributed by atoms with E-state index >= 15 is 0 Å². The monoisotopic (exact) mass is 553 g/mol. The Hall–Kier alpha value is -4.60. The van der Waals surface area contributed by atoms with Crippen molar-refractivity contribution >= 4 is 23.4 Å². The van der Waals surface area contributed by atoms with Gasteiger partial charge in [0.2, 0.25) is 11.9 Å². The Bertz CT molecular complexity index is 1540. The van der Waals surface area contributed by atoms with Crippen molar-refractivity contribution in [2.75, 3.05) is 44.0 Å². The molecule has 4 N–H and O–H groups in total. The van der Waals surface area contributed by atoms with Gasteiger partial charge in [-0.25, -0.2) is 15.0 Å². The number of nitrogens with two attached hydrogens (primary N) is 1. The van der Waals surface area contributed by atoms with Crippen molar-refractivity contribution in [1.82, 2.24) is 34.6 Å². The molecule has 212 valence electrons. The first-order chi connectivity index (χ1) is 19.6. The fourth-order valence-corrected chi connectivity index (χ4v) is 5.26. The highest BCUT2D eigenvalue weighted by Gasteiger charge is 2.47. The van der Waals surface area contributed by atoms with Gasteiger partial charge in [0.05, 0.1) is 11.5 Å². The largest absolute Gasteiger partial charge is 0.366 e. The zero-order chi connectivity index (χ0) is 29.2. The molecule has 2 aromatic heterocycles. The first-order valence-corrected chi connectivity index (χ1v) is 13.5. The number of allylic oxidation sites excluding steroid dienone is 3. The maximum absolute atomic E-state index is 12.1. The maximum Gasteiger partial charge on any atom is 0.244 e. The number of nitrogens with zero attached hydrogens (tertiary/aromatic N) is 8. The molecule has 5 rings (SSSR count). The second-order valence-corrected chi connectivity index (χ2v) is 11.1. The lowest BCUT2D eigenvalue weighted by molar-refractivity contribution is -0.114. The van der Waals surface area contributed by atoms with Crippen LogP contribution in [0.25, 0.3) is 5.82 Å². The first-order valence-electron chi connectivity index (χ1n) is 13.5. The molecule has 0 bridgehead atoms. The van der Waals surface area contributed by atoms with E-state index in [9.17, 15) is 10.1 Å². The molecule has 1 aromatic carbocycles. The number of carbonyl (C=O) groups excluding carboxylic acids is 1. The van der Waals surface area contributed by atoms with Crippen molar-refractivity contribution in [3.8, 4) is 11.9 Å². The summed E-state index contributed by atoms with van der Waals surface area (Å²) in [5, 5.41) is 20.1. The predicted octanol–water partition coefficient (Wildman–Crippen LogP) is 2.84. The van der Waals surface area contributed by atoms with Crippen molar-refractivity contribution in [2.24, 2.45) is 11.1 Å². The molecule has 41 heavy (non-hydrogen) atoms. The van der Waals surface area contributed by atoms with Gasteiger partial charge in [-0.15, -0.1) is 0 Å². The van der Waals surface area contributed by atoms with E-state index in [0.717, 1.165) is 43.0 Å². The Labute approximate surface area is 239 Å². The van der Waals surface area contributed by atoms with Crippen LogP contribution in [0.4, 0.5) is 17.5 Å². The van der Waals surface area contributed by atoms with Gasteiger partial charge in [0.25, 0.3) is 0 Å². The van der Waals surface area contributed by atoms with Gasteiger partial charge in [0, 0.05) is 48.9 Å². The molecule has 1 aliphatic carbocycles. The Kier molecular flexibility index (Phi) is 7.57. The Balaban J connectivity index is 1.44. The lowest BCUT2D eigenvalue weighted by Gasteiger charge is -2.43. The van der Waals surface area contributed by atoms with E-state index in [1.54, 1.807) is 10.8 Å². The van der Waals surface area contributed by atoms with Crippen LogP contribution >= 0.6 is 0 Å². The Morgan fingerprint density at radius 3 is 2.63 bits per heavy atom. The van der Waals surface area contributed by atoms with Gasteiger partial charge in [-0.2, -0.15) is 20.0 Å². The normalized spacial score (nSPS) is 19.8. The number of aryl methyl sites for hydroxylation is 1. The number of hydrogen-bond donors (Lipinski definition) is 3. The molecule has 1 atom stereocenters. The molecule has 12 nitrogen and oxygen atoms in total. The average Bonchev–Trinajstić information content (AvgIpc) is 3.43. The summed E-state index contributed by atoms with van der Waals surface area (Å²) in [6.45, 7) is 9.48. The number of nitrogens with one attached hydrogen (secondary N) is 2. The number of likely N-dealkylation sites (N-methyl/N-ethyl adjacent to an activating group) is 1. The van der Waals surface area contributed by atoms with Crippen LogP contribution in [0.1, 0.15) is 31.4 Å². The van der Waals surface area contributed by atoms with Crippen LogP contribution in [0.3, 0.4) is 0 Å². The number of amides is 1. The molecule has 1 unspecified atom stereocenters. The van der Waals surface area contributed by atoms with Crippen molar-refractivity contribution in [3.05, 3.63) is 71.8 Å². The minimum atomic E-state index is -0.834. The fraction of sp³-hybridized carbons (Fsp3) is 0.379. The van der Waals surface area contributed by atoms with Gasteiger partial charge in [-0.05, 0) is 51.4 Å². The summed E-state index contributed by atoms with van der Waals surface area (Å²) in [5.41, 5.74) is 10.5. The summed E-state index contributed by atoms with van der Waals surface area (Å²) in [6, 6.07) is 10.3. The molecular formula is C29H35N11O. The van der Waals surface area contributed by atoms with E-state index in [1.807, 2.05) is 57.2 Å². The van der Waals surface area contributed by atoms with Crippen LogP contribution < -0.4 is 16.5 Å². The summed E-state index contributed by atoms with van der Waals surface area (Å²) >= 11 is 0. The van der Waals surface area contributed by atoms with Crippen LogP contribution in [-0.2, 0) is 10.2 Å². The highest BCUT2D eigenvalue weighted by molar-refractivity contribution is 5.93. The third kappa shape index (κ3) is 5.54. The third-order valence-electron chi connectivity index (χ3n) is 8.05. The van der Waals surface area contributed by atoms with E-state index in [1.165, 1.54) is 12.7 Å². The van der Waals surface area contributed by atoms with E-state index in [4.69, 9.17) is 5.73 Å². The minimum absolute atomic E-state index is 0.322. The summed E-state index contributed by atoms with van der Waals surface area (Å²) in [7, 11) is 2.11. The smallest absolute Gasteiger partial charge is 0.244 e. The average molecular weight is 554 g/mol. The molecule has 0 saturated carbocycles. The van der Waals surface area contributed by atoms with Crippen LogP contribution in [0.15, 0.2) is 60.7 Å². The molecule has 1 aliphatic heterocycles. The molecule has 2 aliphatic rings. The van der Waals surface area contributed by atoms with Crippen LogP contribution in [0, 0.1) is 23.7 Å². The quantitative estimate of drug-likeness (QED) is 0.379. The molecule has 3 heterocycles. The second kappa shape index (κ2) is 11.1. The van der Waals surface area contributed by atoms with Crippen molar-refractivity contribution in [2.45, 2.75) is 32.6 Å². The first kappa shape index (κ1) is 27.9. The number of benzene rings is 1. The molecular weight excluding hydrogens is 518 g/mol. The van der Waals surface area contributed by atoms with Crippen LogP contribution in [0.2, 0.25) is 0 Å². The maximum atomic E-state index is 12.1. The predicted molar refractivity (Wildman–Crippen MR) is 156 cm³/mol. The molecule has 0 radical (unpaired) electrons. The van der Waals surface area contributed by atoms with Crippen molar-refractivity contribution in [3.63, 3.8) is 0 Å². The molecule has 1 saturated heterocycles. The number of piperazine rings is 1. The summed E-state index contributed by atoms with van der Waals surface area (Å²) in [5.74, 6) is 1.21. The number of carbonyl (C=O) groups is 1. The lowest BCUT2D eigenvalue weighted by atomic mass is 9.58. The number of aromatic nitrogens is 5. The van der Waals surface area contributed by atoms with Gasteiger partial charge in [-0.1, -0.05) is 30.4 Å². The number of anilines is 3. The lowest BCUT2D eigenvalue weighted by Crippen LogP contribution is -2.47. The fourth-order valence-electron chi connectivity index (χ4n) is 5.26. The number of hydrazine groups is 1.